The van der Waals surface area contributed by atoms with Crippen molar-refractivity contribution in [3.8, 4) is 11.5 Å². The number of nitrogens with one attached hydrogen (secondary N) is 5. The third kappa shape index (κ3) is 9.30. The minimum Gasteiger partial charge on any atom is -0.352 e. The maximum absolute atomic E-state index is 14.8. The first-order valence-corrected chi connectivity index (χ1v) is 21.1. The summed E-state index contributed by atoms with van der Waals surface area (Å²) < 4.78 is 31.7. The van der Waals surface area contributed by atoms with Gasteiger partial charge in [-0.15, -0.1) is 0 Å². The summed E-state index contributed by atoms with van der Waals surface area (Å²) in [6.07, 6.45) is 4.63. The van der Waals surface area contributed by atoms with Gasteiger partial charge in [-0.05, 0) is 108 Å². The summed E-state index contributed by atoms with van der Waals surface area (Å²) in [4.78, 5) is 66.8. The number of aromatic amines is 1. The molecule has 6 rings (SSSR count). The number of hydrogen-bond acceptors (Lipinski definition) is 7. The molecule has 15 heteroatoms. The Morgan fingerprint density at radius 3 is 2.12 bits per heavy atom. The van der Waals surface area contributed by atoms with Crippen molar-refractivity contribution in [1.29, 1.82) is 0 Å². The van der Waals surface area contributed by atoms with Crippen LogP contribution in [-0.4, -0.2) is 111 Å². The van der Waals surface area contributed by atoms with Crippen molar-refractivity contribution in [3.05, 3.63) is 53.6 Å². The van der Waals surface area contributed by atoms with Gasteiger partial charge in [0.1, 0.15) is 23.7 Å². The molecule has 320 valence electrons. The van der Waals surface area contributed by atoms with Gasteiger partial charge in [0.05, 0.1) is 28.8 Å². The molecule has 0 saturated carbocycles. The molecule has 2 aliphatic rings. The van der Waals surface area contributed by atoms with Crippen LogP contribution in [-0.2, 0) is 32.1 Å². The number of likely N-dealkylation sites (tertiary alicyclic amines) is 2. The molecule has 4 amide bonds. The van der Waals surface area contributed by atoms with Crippen molar-refractivity contribution < 1.29 is 28.0 Å². The van der Waals surface area contributed by atoms with Crippen LogP contribution in [0.5, 0.6) is 0 Å². The van der Waals surface area contributed by atoms with E-state index in [9.17, 15) is 28.0 Å². The smallest absolute Gasteiger partial charge is 0.246 e. The molecule has 2 aromatic heterocycles. The zero-order chi connectivity index (χ0) is 42.8. The molecule has 59 heavy (non-hydrogen) atoms. The topological polar surface area (TPSA) is 156 Å². The van der Waals surface area contributed by atoms with Crippen LogP contribution >= 0.6 is 0 Å². The fraction of sp³-hybridized carbons (Fsp3) is 0.568. The van der Waals surface area contributed by atoms with Gasteiger partial charge in [-0.25, -0.2) is 13.8 Å². The van der Waals surface area contributed by atoms with Gasteiger partial charge in [-0.2, -0.15) is 0 Å². The third-order valence-corrected chi connectivity index (χ3v) is 12.2. The Kier molecular flexibility index (Phi) is 13.4. The third-order valence-electron chi connectivity index (χ3n) is 12.2. The first-order valence-electron chi connectivity index (χ1n) is 21.1. The molecule has 0 aliphatic carbocycles. The number of carbonyl (C=O) groups excluding carboxylic acids is 4. The number of likely N-dealkylation sites (N-methyl/N-ethyl adjacent to an activating group) is 2. The molecule has 2 fully saturated rings. The normalized spacial score (nSPS) is 19.3. The first-order chi connectivity index (χ1) is 28.1. The molecule has 2 saturated heterocycles. The molecule has 13 nitrogen and oxygen atoms in total. The summed E-state index contributed by atoms with van der Waals surface area (Å²) in [6, 6.07) is 6.19. The Labute approximate surface area is 345 Å². The maximum atomic E-state index is 14.8. The summed E-state index contributed by atoms with van der Waals surface area (Å²) in [5, 5.41) is 12.6. The van der Waals surface area contributed by atoms with Crippen molar-refractivity contribution in [3.63, 3.8) is 0 Å². The lowest BCUT2D eigenvalue weighted by molar-refractivity contribution is -0.140. The quantitative estimate of drug-likeness (QED) is 0.113. The predicted octanol–water partition coefficient (Wildman–Crippen LogP) is 5.02. The van der Waals surface area contributed by atoms with Gasteiger partial charge in [0.25, 0.3) is 0 Å². The lowest BCUT2D eigenvalue weighted by Crippen LogP contribution is -2.58. The maximum Gasteiger partial charge on any atom is 0.246 e. The van der Waals surface area contributed by atoms with Crippen molar-refractivity contribution in [2.45, 2.75) is 129 Å². The van der Waals surface area contributed by atoms with Crippen molar-refractivity contribution in [2.75, 3.05) is 27.2 Å². The monoisotopic (exact) mass is 817 g/mol. The largest absolute Gasteiger partial charge is 0.352 e. The number of H-pyrrole nitrogens is 1. The standard InChI is InChI=1S/C44H61F2N9O4/c1-9-12-33(51-40(56)25(2)47-7)42(58)53-19-10-13-29(53)23-32-31-17-15-27(45)21-34(31)49-37(32)39-50-35-22-28(46)16-18-36(35)55(39)24-30-14-11-20-54(30)43(59)38(44(4,5)6)52-41(57)26(3)48-8/h15-18,21-22,25-26,29-30,33,38,47-49H,9-14,19-20,23-24H2,1-8H3,(H,51,56)(H,52,57)/t25-,26-,29-,30-,33-,38?/m0/s1. The summed E-state index contributed by atoms with van der Waals surface area (Å²) in [7, 11) is 3.40. The van der Waals surface area contributed by atoms with Crippen molar-refractivity contribution >= 4 is 45.6 Å². The minimum absolute atomic E-state index is 0.127. The summed E-state index contributed by atoms with van der Waals surface area (Å²) in [5.41, 5.74) is 2.56. The van der Waals surface area contributed by atoms with Crippen LogP contribution in [0.2, 0.25) is 0 Å². The highest BCUT2D eigenvalue weighted by Crippen LogP contribution is 2.37. The van der Waals surface area contributed by atoms with Gasteiger partial charge in [0.2, 0.25) is 23.6 Å². The van der Waals surface area contributed by atoms with E-state index in [-0.39, 0.29) is 35.7 Å². The highest BCUT2D eigenvalue weighted by molar-refractivity contribution is 5.93. The van der Waals surface area contributed by atoms with E-state index in [1.807, 2.05) is 42.1 Å². The second-order valence-electron chi connectivity index (χ2n) is 17.4. The van der Waals surface area contributed by atoms with Crippen LogP contribution in [0.3, 0.4) is 0 Å². The molecular weight excluding hydrogens is 757 g/mol. The zero-order valence-corrected chi connectivity index (χ0v) is 35.7. The number of rotatable bonds is 15. The fourth-order valence-electron chi connectivity index (χ4n) is 8.60. The molecule has 5 N–H and O–H groups in total. The highest BCUT2D eigenvalue weighted by Gasteiger charge is 2.41. The number of hydrogen-bond donors (Lipinski definition) is 5. The summed E-state index contributed by atoms with van der Waals surface area (Å²) in [6.45, 7) is 12.7. The van der Waals surface area contributed by atoms with Gasteiger partial charge in [-0.3, -0.25) is 19.2 Å². The van der Waals surface area contributed by atoms with Crippen molar-refractivity contribution in [1.82, 2.24) is 45.6 Å². The van der Waals surface area contributed by atoms with Gasteiger partial charge in [-0.1, -0.05) is 34.1 Å². The molecule has 2 aromatic carbocycles. The van der Waals surface area contributed by atoms with E-state index in [1.54, 1.807) is 40.1 Å². The van der Waals surface area contributed by atoms with E-state index in [1.165, 1.54) is 24.3 Å². The number of benzene rings is 2. The Hall–Kier alpha value is -4.89. The Bertz CT molecular complexity index is 2180. The highest BCUT2D eigenvalue weighted by atomic mass is 19.1. The van der Waals surface area contributed by atoms with Crippen LogP contribution in [0.25, 0.3) is 33.5 Å². The van der Waals surface area contributed by atoms with Gasteiger partial charge in [0, 0.05) is 48.7 Å². The SMILES string of the molecule is CCC[C@H](NC(=O)[C@H](C)NC)C(=O)N1CCC[C@H]1Cc1c(-c2nc3cc(F)ccc3n2C[C@@H]2CCCN2C(=O)C(NC(=O)[C@H](C)NC)C(C)(C)C)[nH]c2cc(F)ccc12. The molecule has 2 aliphatic heterocycles. The number of nitrogens with zero attached hydrogens (tertiary/aromatic N) is 4. The predicted molar refractivity (Wildman–Crippen MR) is 225 cm³/mol. The summed E-state index contributed by atoms with van der Waals surface area (Å²) in [5.74, 6) is -1.15. The average Bonchev–Trinajstić information content (AvgIpc) is 4.01. The molecule has 0 spiro atoms. The van der Waals surface area contributed by atoms with Crippen LogP contribution < -0.4 is 21.3 Å². The second-order valence-corrected chi connectivity index (χ2v) is 17.4. The van der Waals surface area contributed by atoms with E-state index in [2.05, 4.69) is 26.3 Å². The van der Waals surface area contributed by atoms with E-state index in [0.29, 0.717) is 73.4 Å². The minimum atomic E-state index is -0.774. The first kappa shape index (κ1) is 43.7. The summed E-state index contributed by atoms with van der Waals surface area (Å²) >= 11 is 0. The Balaban J connectivity index is 1.39. The van der Waals surface area contributed by atoms with E-state index < -0.39 is 41.2 Å². The molecule has 6 atom stereocenters. The molecular formula is C44H61F2N9O4. The zero-order valence-electron chi connectivity index (χ0n) is 35.7. The fourth-order valence-corrected chi connectivity index (χ4v) is 8.60. The molecule has 1 unspecified atom stereocenters. The Morgan fingerprint density at radius 1 is 0.864 bits per heavy atom. The van der Waals surface area contributed by atoms with E-state index >= 15 is 0 Å². The van der Waals surface area contributed by atoms with Gasteiger partial charge < -0.3 is 40.6 Å². The lowest BCUT2D eigenvalue weighted by atomic mass is 9.85. The van der Waals surface area contributed by atoms with Crippen LogP contribution in [0.4, 0.5) is 8.78 Å². The average molecular weight is 818 g/mol. The number of amides is 4. The molecule has 4 heterocycles. The molecule has 4 aromatic rings. The van der Waals surface area contributed by atoms with E-state index in [4.69, 9.17) is 4.98 Å². The van der Waals surface area contributed by atoms with Gasteiger partial charge in [0.15, 0.2) is 5.82 Å². The number of fused-ring (bicyclic) bond motifs is 2. The molecule has 0 radical (unpaired) electrons. The van der Waals surface area contributed by atoms with Crippen LogP contribution in [0.15, 0.2) is 36.4 Å². The second kappa shape index (κ2) is 18.2. The van der Waals surface area contributed by atoms with E-state index in [0.717, 1.165) is 30.2 Å². The van der Waals surface area contributed by atoms with Crippen molar-refractivity contribution in [2.24, 2.45) is 5.41 Å². The number of halogens is 2. The number of carbonyl (C=O) groups is 4. The Morgan fingerprint density at radius 2 is 1.47 bits per heavy atom. The lowest BCUT2D eigenvalue weighted by Gasteiger charge is -2.36. The molecule has 0 bridgehead atoms. The van der Waals surface area contributed by atoms with Gasteiger partial charge >= 0.3 is 0 Å². The van der Waals surface area contributed by atoms with Crippen LogP contribution in [0.1, 0.15) is 85.6 Å². The number of aromatic nitrogens is 3. The van der Waals surface area contributed by atoms with Crippen LogP contribution in [0, 0.1) is 17.0 Å². The number of imidazole rings is 1.